The van der Waals surface area contributed by atoms with E-state index in [1.165, 1.54) is 4.31 Å². The monoisotopic (exact) mass is 299 g/mol. The van der Waals surface area contributed by atoms with Gasteiger partial charge in [0.2, 0.25) is 10.0 Å². The number of aryl methyl sites for hydroxylation is 1. The second-order valence-electron chi connectivity index (χ2n) is 4.99. The van der Waals surface area contributed by atoms with Crippen LogP contribution in [0.2, 0.25) is 0 Å². The van der Waals surface area contributed by atoms with Gasteiger partial charge in [0.15, 0.2) is 0 Å². The fourth-order valence-electron chi connectivity index (χ4n) is 2.29. The summed E-state index contributed by atoms with van der Waals surface area (Å²) in [4.78, 5) is 2.35. The van der Waals surface area contributed by atoms with Crippen molar-refractivity contribution in [2.24, 2.45) is 0 Å². The van der Waals surface area contributed by atoms with Gasteiger partial charge in [-0.25, -0.2) is 8.42 Å². The summed E-state index contributed by atoms with van der Waals surface area (Å²) in [6.07, 6.45) is 0. The summed E-state index contributed by atoms with van der Waals surface area (Å²) in [7, 11) is -3.45. The summed E-state index contributed by atoms with van der Waals surface area (Å²) < 4.78 is 26.6. The standard InChI is InChI=1S/C13H21N3O3S/c1-11-10-12(2-3-13(11)14)20(18,19)16-6-4-15(5-7-16)8-9-17/h2-3,10,17H,4-9,14H2,1H3. The predicted molar refractivity (Wildman–Crippen MR) is 77.9 cm³/mol. The van der Waals surface area contributed by atoms with Crippen LogP contribution in [0.5, 0.6) is 0 Å². The predicted octanol–water partition coefficient (Wildman–Crippen LogP) is -0.124. The number of aliphatic hydroxyl groups is 1. The average Bonchev–Trinajstić information content (AvgIpc) is 2.43. The molecule has 1 aromatic carbocycles. The molecule has 112 valence electrons. The maximum absolute atomic E-state index is 12.5. The van der Waals surface area contributed by atoms with Gasteiger partial charge in [-0.15, -0.1) is 0 Å². The van der Waals surface area contributed by atoms with Crippen molar-refractivity contribution in [3.8, 4) is 0 Å². The lowest BCUT2D eigenvalue weighted by atomic mass is 10.2. The van der Waals surface area contributed by atoms with E-state index in [0.717, 1.165) is 5.56 Å². The van der Waals surface area contributed by atoms with Crippen molar-refractivity contribution < 1.29 is 13.5 Å². The van der Waals surface area contributed by atoms with Crippen molar-refractivity contribution in [3.05, 3.63) is 23.8 Å². The number of β-amino-alcohol motifs (C(OH)–C–C–N with tert-alkyl or cyclic N) is 1. The number of sulfonamides is 1. The van der Waals surface area contributed by atoms with Crippen molar-refractivity contribution in [2.45, 2.75) is 11.8 Å². The third-order valence-electron chi connectivity index (χ3n) is 3.63. The zero-order chi connectivity index (χ0) is 14.8. The van der Waals surface area contributed by atoms with Crippen molar-refractivity contribution in [1.82, 2.24) is 9.21 Å². The maximum atomic E-state index is 12.5. The molecule has 0 spiro atoms. The number of anilines is 1. The summed E-state index contributed by atoms with van der Waals surface area (Å²) in [5.41, 5.74) is 7.09. The van der Waals surface area contributed by atoms with Gasteiger partial charge in [0.1, 0.15) is 0 Å². The first-order chi connectivity index (χ1) is 9.45. The first-order valence-corrected chi connectivity index (χ1v) is 8.08. The molecule has 0 bridgehead atoms. The van der Waals surface area contributed by atoms with Crippen LogP contribution in [0.25, 0.3) is 0 Å². The minimum absolute atomic E-state index is 0.101. The molecule has 0 radical (unpaired) electrons. The van der Waals surface area contributed by atoms with Gasteiger partial charge in [-0.3, -0.25) is 4.90 Å². The molecule has 0 saturated carbocycles. The quantitative estimate of drug-likeness (QED) is 0.757. The number of rotatable bonds is 4. The molecule has 0 atom stereocenters. The molecule has 3 N–H and O–H groups in total. The lowest BCUT2D eigenvalue weighted by molar-refractivity contribution is 0.151. The molecule has 20 heavy (non-hydrogen) atoms. The van der Waals surface area contributed by atoms with E-state index in [0.29, 0.717) is 43.3 Å². The van der Waals surface area contributed by atoms with Gasteiger partial charge in [0.25, 0.3) is 0 Å². The molecular weight excluding hydrogens is 278 g/mol. The SMILES string of the molecule is Cc1cc(S(=O)(=O)N2CCN(CCO)CC2)ccc1N. The summed E-state index contributed by atoms with van der Waals surface area (Å²) in [6, 6.07) is 4.80. The summed E-state index contributed by atoms with van der Waals surface area (Å²) in [5, 5.41) is 8.89. The fourth-order valence-corrected chi connectivity index (χ4v) is 3.80. The van der Waals surface area contributed by atoms with Crippen LogP contribution < -0.4 is 5.73 Å². The Bertz CT molecular complexity index is 566. The lowest BCUT2D eigenvalue weighted by Gasteiger charge is -2.33. The Balaban J connectivity index is 2.13. The smallest absolute Gasteiger partial charge is 0.243 e. The number of nitrogens with two attached hydrogens (primary N) is 1. The molecule has 1 saturated heterocycles. The highest BCUT2D eigenvalue weighted by molar-refractivity contribution is 7.89. The van der Waals surface area contributed by atoms with Gasteiger partial charge in [-0.1, -0.05) is 0 Å². The first kappa shape index (κ1) is 15.2. The summed E-state index contributed by atoms with van der Waals surface area (Å²) in [5.74, 6) is 0. The van der Waals surface area contributed by atoms with Gasteiger partial charge < -0.3 is 10.8 Å². The highest BCUT2D eigenvalue weighted by Crippen LogP contribution is 2.21. The molecule has 0 aromatic heterocycles. The topological polar surface area (TPSA) is 86.9 Å². The summed E-state index contributed by atoms with van der Waals surface area (Å²) >= 11 is 0. The van der Waals surface area contributed by atoms with Crippen molar-refractivity contribution >= 4 is 15.7 Å². The molecule has 1 aromatic rings. The molecule has 6 nitrogen and oxygen atoms in total. The van der Waals surface area contributed by atoms with Crippen LogP contribution in [-0.2, 0) is 10.0 Å². The number of piperazine rings is 1. The number of nitrogen functional groups attached to an aromatic ring is 1. The number of aliphatic hydroxyl groups excluding tert-OH is 1. The molecule has 1 heterocycles. The minimum atomic E-state index is -3.45. The first-order valence-electron chi connectivity index (χ1n) is 6.64. The number of hydrogen-bond donors (Lipinski definition) is 2. The number of nitrogens with zero attached hydrogens (tertiary/aromatic N) is 2. The van der Waals surface area contributed by atoms with Crippen molar-refractivity contribution in [1.29, 1.82) is 0 Å². The molecule has 0 amide bonds. The Morgan fingerprint density at radius 3 is 2.45 bits per heavy atom. The third-order valence-corrected chi connectivity index (χ3v) is 5.52. The number of benzene rings is 1. The lowest BCUT2D eigenvalue weighted by Crippen LogP contribution is -2.49. The van der Waals surface area contributed by atoms with Crippen LogP contribution in [0.15, 0.2) is 23.1 Å². The van der Waals surface area contributed by atoms with Gasteiger partial charge in [0, 0.05) is 38.4 Å². The summed E-state index contributed by atoms with van der Waals surface area (Å²) in [6.45, 7) is 4.69. The molecule has 1 aliphatic heterocycles. The highest BCUT2D eigenvalue weighted by Gasteiger charge is 2.28. The van der Waals surface area contributed by atoms with E-state index in [1.54, 1.807) is 25.1 Å². The maximum Gasteiger partial charge on any atom is 0.243 e. The molecule has 1 aliphatic rings. The Morgan fingerprint density at radius 2 is 1.90 bits per heavy atom. The molecular formula is C13H21N3O3S. The van der Waals surface area contributed by atoms with Gasteiger partial charge in [-0.05, 0) is 30.7 Å². The van der Waals surface area contributed by atoms with Gasteiger partial charge in [0.05, 0.1) is 11.5 Å². The molecule has 7 heteroatoms. The van der Waals surface area contributed by atoms with Crippen LogP contribution in [-0.4, -0.2) is 62.1 Å². The zero-order valence-corrected chi connectivity index (χ0v) is 12.4. The second-order valence-corrected chi connectivity index (χ2v) is 6.93. The van der Waals surface area contributed by atoms with Crippen LogP contribution in [0.4, 0.5) is 5.69 Å². The van der Waals surface area contributed by atoms with Crippen molar-refractivity contribution in [3.63, 3.8) is 0 Å². The highest BCUT2D eigenvalue weighted by atomic mass is 32.2. The van der Waals surface area contributed by atoms with Crippen LogP contribution in [0, 0.1) is 6.92 Å². The van der Waals surface area contributed by atoms with E-state index in [4.69, 9.17) is 10.8 Å². The number of hydrogen-bond acceptors (Lipinski definition) is 5. The van der Waals surface area contributed by atoms with E-state index in [9.17, 15) is 8.42 Å². The minimum Gasteiger partial charge on any atom is -0.399 e. The van der Waals surface area contributed by atoms with E-state index in [1.807, 2.05) is 0 Å². The molecule has 1 fully saturated rings. The van der Waals surface area contributed by atoms with Crippen LogP contribution in [0.1, 0.15) is 5.56 Å². The van der Waals surface area contributed by atoms with Crippen LogP contribution in [0.3, 0.4) is 0 Å². The van der Waals surface area contributed by atoms with Gasteiger partial charge >= 0.3 is 0 Å². The van der Waals surface area contributed by atoms with E-state index < -0.39 is 10.0 Å². The second kappa shape index (κ2) is 6.09. The average molecular weight is 299 g/mol. The van der Waals surface area contributed by atoms with Gasteiger partial charge in [-0.2, -0.15) is 4.31 Å². The third kappa shape index (κ3) is 3.12. The Morgan fingerprint density at radius 1 is 1.25 bits per heavy atom. The van der Waals surface area contributed by atoms with Crippen molar-refractivity contribution in [2.75, 3.05) is 45.1 Å². The zero-order valence-electron chi connectivity index (χ0n) is 11.6. The van der Waals surface area contributed by atoms with E-state index in [-0.39, 0.29) is 6.61 Å². The molecule has 2 rings (SSSR count). The molecule has 0 aliphatic carbocycles. The Hall–Kier alpha value is -1.15. The van der Waals surface area contributed by atoms with E-state index in [2.05, 4.69) is 4.90 Å². The van der Waals surface area contributed by atoms with E-state index >= 15 is 0 Å². The Labute approximate surface area is 119 Å². The molecule has 0 unspecified atom stereocenters. The largest absolute Gasteiger partial charge is 0.399 e. The Kier molecular flexibility index (Phi) is 4.64. The fraction of sp³-hybridized carbons (Fsp3) is 0.538. The normalized spacial score (nSPS) is 18.3. The van der Waals surface area contributed by atoms with Crippen LogP contribution >= 0.6 is 0 Å².